The van der Waals surface area contributed by atoms with Crippen molar-refractivity contribution < 1.29 is 28.5 Å². The summed E-state index contributed by atoms with van der Waals surface area (Å²) in [5.41, 5.74) is 5.90. The summed E-state index contributed by atoms with van der Waals surface area (Å²) < 4.78 is 22.0. The highest BCUT2D eigenvalue weighted by Gasteiger charge is 2.19. The molecule has 0 spiro atoms. The van der Waals surface area contributed by atoms with E-state index in [0.29, 0.717) is 42.8 Å². The molecule has 2 amide bonds. The van der Waals surface area contributed by atoms with Crippen LogP contribution in [0.1, 0.15) is 15.9 Å². The average molecular weight is 469 g/mol. The van der Waals surface area contributed by atoms with Gasteiger partial charge in [0.1, 0.15) is 31.3 Å². The van der Waals surface area contributed by atoms with Gasteiger partial charge in [-0.05, 0) is 42.0 Å². The second-order valence-electron chi connectivity index (χ2n) is 7.02. The Morgan fingerprint density at radius 3 is 2.33 bits per heavy atom. The number of benzene rings is 3. The van der Waals surface area contributed by atoms with Crippen LogP contribution in [0.4, 0.5) is 0 Å². The van der Waals surface area contributed by atoms with E-state index in [1.165, 1.54) is 12.1 Å². The average Bonchev–Trinajstić information content (AvgIpc) is 2.86. The number of carbonyl (C=O) groups excluding carboxylic acids is 2. The molecule has 0 radical (unpaired) electrons. The molecular weight excluding hydrogens is 448 g/mol. The first-order valence-corrected chi connectivity index (χ1v) is 10.5. The molecule has 0 aromatic heterocycles. The first kappa shape index (κ1) is 22.3. The van der Waals surface area contributed by atoms with Crippen molar-refractivity contribution in [2.24, 2.45) is 0 Å². The molecule has 0 saturated carbocycles. The highest BCUT2D eigenvalue weighted by atomic mass is 35.5. The lowest BCUT2D eigenvalue weighted by Crippen LogP contribution is -2.43. The van der Waals surface area contributed by atoms with Crippen molar-refractivity contribution in [1.82, 2.24) is 10.9 Å². The Bertz CT molecular complexity index is 1120. The predicted octanol–water partition coefficient (Wildman–Crippen LogP) is 3.53. The first-order chi connectivity index (χ1) is 16.1. The van der Waals surface area contributed by atoms with E-state index in [1.807, 2.05) is 30.3 Å². The summed E-state index contributed by atoms with van der Waals surface area (Å²) in [5, 5.41) is 0.253. The number of rotatable bonds is 7. The first-order valence-electron chi connectivity index (χ1n) is 10.2. The molecule has 4 rings (SSSR count). The summed E-state index contributed by atoms with van der Waals surface area (Å²) >= 11 is 6.13. The van der Waals surface area contributed by atoms with Crippen molar-refractivity contribution in [3.05, 3.63) is 82.9 Å². The lowest BCUT2D eigenvalue weighted by molar-refractivity contribution is -0.123. The SMILES string of the molecule is O=C(COc1ccc(OCc2ccccc2)cc1)NNC(=O)c1cc(Cl)c2c(c1)OCCO2. The molecule has 3 aromatic rings. The fraction of sp³-hybridized carbons (Fsp3) is 0.167. The molecule has 1 aliphatic heterocycles. The lowest BCUT2D eigenvalue weighted by atomic mass is 10.2. The standard InChI is InChI=1S/C24H21ClN2O6/c25-20-12-17(13-21-23(20)31-11-10-30-21)24(29)27-26-22(28)15-33-19-8-6-18(7-9-19)32-14-16-4-2-1-3-5-16/h1-9,12-13H,10-11,14-15H2,(H,26,28)(H,27,29). The largest absolute Gasteiger partial charge is 0.489 e. The third-order valence-electron chi connectivity index (χ3n) is 4.62. The number of amides is 2. The number of nitrogens with one attached hydrogen (secondary N) is 2. The van der Waals surface area contributed by atoms with E-state index in [-0.39, 0.29) is 17.2 Å². The Hall–Kier alpha value is -3.91. The maximum atomic E-state index is 12.3. The van der Waals surface area contributed by atoms with Gasteiger partial charge < -0.3 is 18.9 Å². The Balaban J connectivity index is 1.22. The van der Waals surface area contributed by atoms with E-state index >= 15 is 0 Å². The van der Waals surface area contributed by atoms with E-state index in [1.54, 1.807) is 24.3 Å². The molecule has 33 heavy (non-hydrogen) atoms. The van der Waals surface area contributed by atoms with Crippen LogP contribution < -0.4 is 29.8 Å². The van der Waals surface area contributed by atoms with Gasteiger partial charge in [0.05, 0.1) is 5.02 Å². The highest BCUT2D eigenvalue weighted by Crippen LogP contribution is 2.38. The molecule has 0 atom stereocenters. The topological polar surface area (TPSA) is 95.1 Å². The van der Waals surface area contributed by atoms with Crippen molar-refractivity contribution >= 4 is 23.4 Å². The van der Waals surface area contributed by atoms with Gasteiger partial charge in [0.15, 0.2) is 18.1 Å². The summed E-state index contributed by atoms with van der Waals surface area (Å²) in [7, 11) is 0. The predicted molar refractivity (Wildman–Crippen MR) is 121 cm³/mol. The third kappa shape index (κ3) is 6.08. The number of hydrogen-bond donors (Lipinski definition) is 2. The van der Waals surface area contributed by atoms with Crippen LogP contribution in [-0.2, 0) is 11.4 Å². The van der Waals surface area contributed by atoms with E-state index < -0.39 is 11.8 Å². The number of fused-ring (bicyclic) bond motifs is 1. The van der Waals surface area contributed by atoms with Crippen molar-refractivity contribution in [3.8, 4) is 23.0 Å². The molecule has 1 aliphatic rings. The quantitative estimate of drug-likeness (QED) is 0.515. The van der Waals surface area contributed by atoms with Crippen LogP contribution in [0.25, 0.3) is 0 Å². The van der Waals surface area contributed by atoms with E-state index in [9.17, 15) is 9.59 Å². The van der Waals surface area contributed by atoms with Crippen molar-refractivity contribution in [2.45, 2.75) is 6.61 Å². The van der Waals surface area contributed by atoms with Crippen molar-refractivity contribution in [1.29, 1.82) is 0 Å². The van der Waals surface area contributed by atoms with E-state index in [0.717, 1.165) is 5.56 Å². The van der Waals surface area contributed by atoms with Gasteiger partial charge in [-0.1, -0.05) is 41.9 Å². The highest BCUT2D eigenvalue weighted by molar-refractivity contribution is 6.32. The minimum atomic E-state index is -0.554. The molecular formula is C24H21ClN2O6. The molecule has 9 heteroatoms. The van der Waals surface area contributed by atoms with Gasteiger partial charge in [-0.3, -0.25) is 20.4 Å². The monoisotopic (exact) mass is 468 g/mol. The van der Waals surface area contributed by atoms with Crippen LogP contribution in [0.2, 0.25) is 5.02 Å². The smallest absolute Gasteiger partial charge is 0.276 e. The van der Waals surface area contributed by atoms with E-state index in [2.05, 4.69) is 10.9 Å². The van der Waals surface area contributed by atoms with Crippen molar-refractivity contribution in [2.75, 3.05) is 19.8 Å². The fourth-order valence-corrected chi connectivity index (χ4v) is 3.26. The Kier molecular flexibility index (Phi) is 7.16. The number of hydrogen-bond acceptors (Lipinski definition) is 6. The van der Waals surface area contributed by atoms with E-state index in [4.69, 9.17) is 30.5 Å². The number of halogens is 1. The van der Waals surface area contributed by atoms with Crippen molar-refractivity contribution in [3.63, 3.8) is 0 Å². The Morgan fingerprint density at radius 1 is 0.879 bits per heavy atom. The molecule has 2 N–H and O–H groups in total. The second kappa shape index (κ2) is 10.6. The Labute approximate surface area is 195 Å². The summed E-state index contributed by atoms with van der Waals surface area (Å²) in [4.78, 5) is 24.4. The minimum absolute atomic E-state index is 0.219. The molecule has 0 aliphatic carbocycles. The zero-order valence-corrected chi connectivity index (χ0v) is 18.3. The molecule has 170 valence electrons. The summed E-state index contributed by atoms with van der Waals surface area (Å²) in [5.74, 6) is 0.861. The molecule has 0 unspecified atom stereocenters. The fourth-order valence-electron chi connectivity index (χ4n) is 3.00. The molecule has 3 aromatic carbocycles. The van der Waals surface area contributed by atoms with Gasteiger partial charge in [-0.15, -0.1) is 0 Å². The summed E-state index contributed by atoms with van der Waals surface area (Å²) in [6.45, 7) is 0.921. The van der Waals surface area contributed by atoms with Crippen LogP contribution in [0.15, 0.2) is 66.7 Å². The maximum Gasteiger partial charge on any atom is 0.276 e. The molecule has 0 bridgehead atoms. The van der Waals surface area contributed by atoms with Crippen LogP contribution in [-0.4, -0.2) is 31.6 Å². The number of carbonyl (C=O) groups is 2. The lowest BCUT2D eigenvalue weighted by Gasteiger charge is -2.20. The van der Waals surface area contributed by atoms with Crippen LogP contribution in [0.5, 0.6) is 23.0 Å². The molecule has 0 fully saturated rings. The zero-order valence-electron chi connectivity index (χ0n) is 17.5. The van der Waals surface area contributed by atoms with Gasteiger partial charge in [0.25, 0.3) is 11.8 Å². The zero-order chi connectivity index (χ0) is 23.0. The second-order valence-corrected chi connectivity index (χ2v) is 7.43. The molecule has 0 saturated heterocycles. The van der Waals surface area contributed by atoms with Gasteiger partial charge in [0, 0.05) is 5.56 Å². The van der Waals surface area contributed by atoms with Crippen LogP contribution in [0, 0.1) is 0 Å². The molecule has 8 nitrogen and oxygen atoms in total. The van der Waals surface area contributed by atoms with Crippen LogP contribution >= 0.6 is 11.6 Å². The third-order valence-corrected chi connectivity index (χ3v) is 4.90. The van der Waals surface area contributed by atoms with Gasteiger partial charge in [0.2, 0.25) is 0 Å². The van der Waals surface area contributed by atoms with Crippen LogP contribution in [0.3, 0.4) is 0 Å². The maximum absolute atomic E-state index is 12.3. The van der Waals surface area contributed by atoms with Gasteiger partial charge in [-0.2, -0.15) is 0 Å². The Morgan fingerprint density at radius 2 is 1.58 bits per heavy atom. The summed E-state index contributed by atoms with van der Waals surface area (Å²) in [6.07, 6.45) is 0. The van der Waals surface area contributed by atoms with Gasteiger partial charge >= 0.3 is 0 Å². The van der Waals surface area contributed by atoms with Gasteiger partial charge in [-0.25, -0.2) is 0 Å². The minimum Gasteiger partial charge on any atom is -0.489 e. The number of hydrazine groups is 1. The normalized spacial score (nSPS) is 11.9. The molecule has 1 heterocycles. The number of ether oxygens (including phenoxy) is 4. The summed E-state index contributed by atoms with van der Waals surface area (Å²) in [6, 6.07) is 19.7.